The first kappa shape index (κ1) is 35.1. The third-order valence-electron chi connectivity index (χ3n) is 8.80. The van der Waals surface area contributed by atoms with Gasteiger partial charge in [-0.25, -0.2) is 14.4 Å². The van der Waals surface area contributed by atoms with Crippen LogP contribution in [0.3, 0.4) is 0 Å². The first-order valence-corrected chi connectivity index (χ1v) is 17.6. The standard InChI is InChI=1S/C38H41FN6O4S/c1-24-23-50-36(43-24)32-10-7-12-45(32)37(48)29-17-27(16-28(18-29)35-42-11-13-49-35)34(47)44-31(15-25-8-5-4-6-9-25)33(46)22-41-20-26-14-30(21-40-19-26)38(2,3)39/h4-6,8-9,11,13-14,16-19,21,23,31-33,41,46H,7,10,12,15,20,22H2,1-3H3,(H,44,47)/t31-,32+,33-/m0/s1. The molecule has 0 bridgehead atoms. The Hall–Kier alpha value is -4.78. The minimum absolute atomic E-state index is 0.136. The smallest absolute Gasteiger partial charge is 0.254 e. The molecule has 1 aliphatic heterocycles. The van der Waals surface area contributed by atoms with Gasteiger partial charge in [0.05, 0.1) is 24.4 Å². The number of amides is 2. The largest absolute Gasteiger partial charge is 0.445 e. The molecule has 4 heterocycles. The van der Waals surface area contributed by atoms with Crippen molar-refractivity contribution in [2.24, 2.45) is 0 Å². The predicted octanol–water partition coefficient (Wildman–Crippen LogP) is 6.18. The maximum absolute atomic E-state index is 14.5. The van der Waals surface area contributed by atoms with Gasteiger partial charge in [0.15, 0.2) is 0 Å². The van der Waals surface area contributed by atoms with Crippen LogP contribution in [-0.4, -0.2) is 62.0 Å². The van der Waals surface area contributed by atoms with Crippen LogP contribution in [0.5, 0.6) is 0 Å². The van der Waals surface area contributed by atoms with E-state index < -0.39 is 23.7 Å². The van der Waals surface area contributed by atoms with Crippen molar-refractivity contribution >= 4 is 23.2 Å². The Labute approximate surface area is 294 Å². The summed E-state index contributed by atoms with van der Waals surface area (Å²) in [5, 5.41) is 20.6. The molecule has 3 N–H and O–H groups in total. The summed E-state index contributed by atoms with van der Waals surface area (Å²) in [6, 6.07) is 15.4. The topological polar surface area (TPSA) is 133 Å². The van der Waals surface area contributed by atoms with E-state index in [1.165, 1.54) is 32.5 Å². The lowest BCUT2D eigenvalue weighted by Gasteiger charge is -2.26. The number of pyridine rings is 1. The number of hydrogen-bond acceptors (Lipinski definition) is 9. The van der Waals surface area contributed by atoms with E-state index in [2.05, 4.69) is 25.6 Å². The lowest BCUT2D eigenvalue weighted by atomic mass is 9.99. The third-order valence-corrected chi connectivity index (χ3v) is 9.86. The molecule has 1 aliphatic rings. The van der Waals surface area contributed by atoms with Gasteiger partial charge in [-0.15, -0.1) is 11.3 Å². The molecule has 0 spiro atoms. The van der Waals surface area contributed by atoms with Crippen molar-refractivity contribution in [3.05, 3.63) is 123 Å². The number of aromatic nitrogens is 3. The van der Waals surface area contributed by atoms with Crippen molar-refractivity contribution in [3.63, 3.8) is 0 Å². The second-order valence-corrected chi connectivity index (χ2v) is 14.0. The van der Waals surface area contributed by atoms with Gasteiger partial charge in [0, 0.05) is 65.4 Å². The van der Waals surface area contributed by atoms with Gasteiger partial charge in [-0.3, -0.25) is 14.6 Å². The summed E-state index contributed by atoms with van der Waals surface area (Å²) in [5.74, 6) is -0.382. The lowest BCUT2D eigenvalue weighted by Crippen LogP contribution is -2.48. The molecule has 2 amide bonds. The summed E-state index contributed by atoms with van der Waals surface area (Å²) in [6.07, 6.45) is 7.14. The van der Waals surface area contributed by atoms with Crippen molar-refractivity contribution in [2.45, 2.75) is 70.4 Å². The number of benzene rings is 2. The summed E-state index contributed by atoms with van der Waals surface area (Å²) >= 11 is 1.55. The molecule has 5 aromatic rings. The Morgan fingerprint density at radius 1 is 1.12 bits per heavy atom. The van der Waals surface area contributed by atoms with Crippen LogP contribution in [0.25, 0.3) is 11.5 Å². The van der Waals surface area contributed by atoms with Gasteiger partial charge in [0.25, 0.3) is 11.8 Å². The van der Waals surface area contributed by atoms with Crippen LogP contribution in [0.4, 0.5) is 4.39 Å². The van der Waals surface area contributed by atoms with E-state index in [0.717, 1.165) is 34.7 Å². The number of aliphatic hydroxyl groups excluding tert-OH is 1. The molecule has 0 unspecified atom stereocenters. The van der Waals surface area contributed by atoms with E-state index in [1.54, 1.807) is 41.8 Å². The lowest BCUT2D eigenvalue weighted by molar-refractivity contribution is 0.0735. The molecule has 3 atom stereocenters. The van der Waals surface area contributed by atoms with Gasteiger partial charge >= 0.3 is 0 Å². The highest BCUT2D eigenvalue weighted by Crippen LogP contribution is 2.35. The molecule has 0 saturated carbocycles. The van der Waals surface area contributed by atoms with Gasteiger partial charge in [0.1, 0.15) is 16.9 Å². The number of halogens is 1. The molecule has 1 fully saturated rings. The number of oxazole rings is 1. The van der Waals surface area contributed by atoms with Gasteiger partial charge in [0.2, 0.25) is 5.89 Å². The zero-order chi connectivity index (χ0) is 35.3. The molecule has 10 nitrogen and oxygen atoms in total. The number of aryl methyl sites for hydroxylation is 1. The third kappa shape index (κ3) is 8.50. The van der Waals surface area contributed by atoms with Crippen LogP contribution < -0.4 is 10.6 Å². The summed E-state index contributed by atoms with van der Waals surface area (Å²) in [5.41, 5.74) is 2.62. The van der Waals surface area contributed by atoms with Crippen LogP contribution in [0.2, 0.25) is 0 Å². The fourth-order valence-corrected chi connectivity index (χ4v) is 7.09. The van der Waals surface area contributed by atoms with E-state index in [0.29, 0.717) is 36.2 Å². The highest BCUT2D eigenvalue weighted by molar-refractivity contribution is 7.09. The molecule has 50 heavy (non-hydrogen) atoms. The van der Waals surface area contributed by atoms with Gasteiger partial charge in [-0.1, -0.05) is 30.3 Å². The zero-order valence-electron chi connectivity index (χ0n) is 28.3. The molecule has 12 heteroatoms. The maximum Gasteiger partial charge on any atom is 0.254 e. The second-order valence-electron chi connectivity index (χ2n) is 13.1. The molecule has 1 saturated heterocycles. The number of carbonyl (C=O) groups excluding carboxylic acids is 2. The number of thiazole rings is 1. The van der Waals surface area contributed by atoms with Crippen molar-refractivity contribution < 1.29 is 23.5 Å². The van der Waals surface area contributed by atoms with Crippen molar-refractivity contribution in [1.29, 1.82) is 0 Å². The number of hydrogen-bond donors (Lipinski definition) is 3. The maximum atomic E-state index is 14.5. The molecule has 0 aliphatic carbocycles. The average molecular weight is 697 g/mol. The monoisotopic (exact) mass is 696 g/mol. The number of carbonyl (C=O) groups is 2. The zero-order valence-corrected chi connectivity index (χ0v) is 29.1. The molecule has 0 radical (unpaired) electrons. The Balaban J connectivity index is 1.23. The summed E-state index contributed by atoms with van der Waals surface area (Å²) in [4.78, 5) is 43.0. The van der Waals surface area contributed by atoms with Crippen molar-refractivity contribution in [1.82, 2.24) is 30.5 Å². The van der Waals surface area contributed by atoms with E-state index >= 15 is 0 Å². The van der Waals surface area contributed by atoms with Crippen LogP contribution in [-0.2, 0) is 18.6 Å². The van der Waals surface area contributed by atoms with E-state index in [1.807, 2.05) is 47.5 Å². The minimum Gasteiger partial charge on any atom is -0.445 e. The molecule has 2 aromatic carbocycles. The molecule has 260 valence electrons. The minimum atomic E-state index is -1.53. The Morgan fingerprint density at radius 3 is 2.64 bits per heavy atom. The Morgan fingerprint density at radius 2 is 1.92 bits per heavy atom. The molecular formula is C38H41FN6O4S. The van der Waals surface area contributed by atoms with Crippen LogP contribution in [0.1, 0.15) is 80.8 Å². The molecule has 3 aromatic heterocycles. The first-order chi connectivity index (χ1) is 24.0. The number of likely N-dealkylation sites (tertiary alicyclic amines) is 1. The number of rotatable bonds is 13. The van der Waals surface area contributed by atoms with E-state index in [4.69, 9.17) is 4.42 Å². The number of nitrogens with zero attached hydrogens (tertiary/aromatic N) is 4. The van der Waals surface area contributed by atoms with Gasteiger partial charge < -0.3 is 25.1 Å². The molecule has 6 rings (SSSR count). The van der Waals surface area contributed by atoms with Crippen LogP contribution in [0, 0.1) is 6.92 Å². The summed E-state index contributed by atoms with van der Waals surface area (Å²) in [7, 11) is 0. The number of nitrogens with one attached hydrogen (secondary N) is 2. The Bertz CT molecular complexity index is 1910. The van der Waals surface area contributed by atoms with E-state index in [9.17, 15) is 19.1 Å². The fraction of sp³-hybridized carbons (Fsp3) is 0.342. The number of aliphatic hydroxyl groups is 1. The first-order valence-electron chi connectivity index (χ1n) is 16.7. The second kappa shape index (κ2) is 15.4. The van der Waals surface area contributed by atoms with E-state index in [-0.39, 0.29) is 29.9 Å². The van der Waals surface area contributed by atoms with Crippen molar-refractivity contribution in [3.8, 4) is 11.5 Å². The normalized spacial score (nSPS) is 15.9. The SMILES string of the molecule is Cc1csc([C@H]2CCCN2C(=O)c2cc(C(=O)N[C@@H](Cc3ccccc3)[C@@H](O)CNCc3cncc(C(C)(C)F)c3)cc(-c3ncco3)c2)n1. The highest BCUT2D eigenvalue weighted by Gasteiger charge is 2.33. The summed E-state index contributed by atoms with van der Waals surface area (Å²) < 4.78 is 20.1. The Kier molecular flexibility index (Phi) is 10.8. The molecular weight excluding hydrogens is 656 g/mol. The highest BCUT2D eigenvalue weighted by atomic mass is 32.1. The quantitative estimate of drug-likeness (QED) is 0.133. The number of alkyl halides is 1. The van der Waals surface area contributed by atoms with Crippen molar-refractivity contribution in [2.75, 3.05) is 13.1 Å². The predicted molar refractivity (Wildman–Crippen MR) is 189 cm³/mol. The average Bonchev–Trinajstić information content (AvgIpc) is 3.90. The van der Waals surface area contributed by atoms with Crippen LogP contribution >= 0.6 is 11.3 Å². The summed E-state index contributed by atoms with van der Waals surface area (Å²) in [6.45, 7) is 5.98. The van der Waals surface area contributed by atoms with Gasteiger partial charge in [-0.05, 0) is 75.4 Å². The van der Waals surface area contributed by atoms with Crippen LogP contribution in [0.15, 0.2) is 89.2 Å². The van der Waals surface area contributed by atoms with Gasteiger partial charge in [-0.2, -0.15) is 0 Å². The fourth-order valence-electron chi connectivity index (χ4n) is 6.15.